The molecule has 0 aliphatic heterocycles. The van der Waals surface area contributed by atoms with Crippen LogP contribution in [0.4, 0.5) is 11.4 Å². The molecule has 10 heteroatoms. The Morgan fingerprint density at radius 3 is 2.36 bits per heavy atom. The van der Waals surface area contributed by atoms with E-state index in [0.717, 1.165) is 17.8 Å². The summed E-state index contributed by atoms with van der Waals surface area (Å²) in [5, 5.41) is 35.1. The van der Waals surface area contributed by atoms with Crippen LogP contribution in [-0.2, 0) is 0 Å². The van der Waals surface area contributed by atoms with Crippen molar-refractivity contribution in [3.8, 4) is 5.75 Å². The fourth-order valence-electron chi connectivity index (χ4n) is 1.90. The van der Waals surface area contributed by atoms with Gasteiger partial charge in [0.15, 0.2) is 0 Å². The fourth-order valence-corrected chi connectivity index (χ4v) is 1.90. The van der Waals surface area contributed by atoms with Gasteiger partial charge in [0, 0.05) is 11.6 Å². The zero-order chi connectivity index (χ0) is 18.6. The van der Waals surface area contributed by atoms with E-state index < -0.39 is 32.9 Å². The minimum absolute atomic E-state index is 0.273. The SMILES string of the molecule is Cc1ccc(C(=O)N/N=C/c2cc([N+](=O)[O-])cc([N+](=O)[O-])c2O)cc1. The van der Waals surface area contributed by atoms with Gasteiger partial charge in [0.1, 0.15) is 0 Å². The van der Waals surface area contributed by atoms with Crippen LogP contribution in [0.2, 0.25) is 0 Å². The summed E-state index contributed by atoms with van der Waals surface area (Å²) < 4.78 is 0. The molecule has 0 aliphatic carbocycles. The molecule has 0 radical (unpaired) electrons. The predicted molar refractivity (Wildman–Crippen MR) is 87.7 cm³/mol. The summed E-state index contributed by atoms with van der Waals surface area (Å²) in [4.78, 5) is 31.8. The normalized spacial score (nSPS) is 10.6. The number of aromatic hydroxyl groups is 1. The average Bonchev–Trinajstić information content (AvgIpc) is 2.56. The summed E-state index contributed by atoms with van der Waals surface area (Å²) in [6, 6.07) is 8.16. The lowest BCUT2D eigenvalue weighted by Crippen LogP contribution is -2.17. The van der Waals surface area contributed by atoms with E-state index in [4.69, 9.17) is 0 Å². The second-order valence-corrected chi connectivity index (χ2v) is 4.98. The number of nitrogens with zero attached hydrogens (tertiary/aromatic N) is 3. The van der Waals surface area contributed by atoms with Gasteiger partial charge in [-0.3, -0.25) is 25.0 Å². The first kappa shape index (κ1) is 17.5. The van der Waals surface area contributed by atoms with E-state index in [0.29, 0.717) is 11.6 Å². The van der Waals surface area contributed by atoms with E-state index in [1.807, 2.05) is 6.92 Å². The number of hydrogen-bond donors (Lipinski definition) is 2. The lowest BCUT2D eigenvalue weighted by Gasteiger charge is -2.02. The van der Waals surface area contributed by atoms with Crippen molar-refractivity contribution < 1.29 is 19.7 Å². The van der Waals surface area contributed by atoms with Gasteiger partial charge in [-0.2, -0.15) is 5.10 Å². The van der Waals surface area contributed by atoms with Crippen LogP contribution >= 0.6 is 0 Å². The number of carbonyl (C=O) groups is 1. The Hall–Kier alpha value is -3.82. The predicted octanol–water partition coefficient (Wildman–Crippen LogP) is 2.28. The summed E-state index contributed by atoms with van der Waals surface area (Å²) >= 11 is 0. The van der Waals surface area contributed by atoms with Crippen LogP contribution in [0.3, 0.4) is 0 Å². The van der Waals surface area contributed by atoms with E-state index in [-0.39, 0.29) is 5.56 Å². The van der Waals surface area contributed by atoms with E-state index in [1.165, 1.54) is 0 Å². The molecule has 128 valence electrons. The Balaban J connectivity index is 2.25. The topological polar surface area (TPSA) is 148 Å². The third kappa shape index (κ3) is 4.13. The number of non-ortho nitro benzene ring substituents is 1. The highest BCUT2D eigenvalue weighted by Crippen LogP contribution is 2.33. The van der Waals surface area contributed by atoms with Crippen molar-refractivity contribution >= 4 is 23.5 Å². The number of nitro groups is 2. The maximum Gasteiger partial charge on any atom is 0.318 e. The number of rotatable bonds is 5. The standard InChI is InChI=1S/C15H12N4O6/c1-9-2-4-10(5-3-9)15(21)17-16-8-11-6-12(18(22)23)7-13(14(11)20)19(24)25/h2-8,20H,1H3,(H,17,21)/b16-8+. The summed E-state index contributed by atoms with van der Waals surface area (Å²) in [6.45, 7) is 1.86. The smallest absolute Gasteiger partial charge is 0.318 e. The number of nitro benzene ring substituents is 2. The van der Waals surface area contributed by atoms with Gasteiger partial charge < -0.3 is 5.11 Å². The van der Waals surface area contributed by atoms with Crippen molar-refractivity contribution in [1.29, 1.82) is 0 Å². The molecule has 10 nitrogen and oxygen atoms in total. The maximum atomic E-state index is 11.9. The second-order valence-electron chi connectivity index (χ2n) is 4.98. The van der Waals surface area contributed by atoms with Gasteiger partial charge in [-0.1, -0.05) is 17.7 Å². The fraction of sp³-hybridized carbons (Fsp3) is 0.0667. The zero-order valence-electron chi connectivity index (χ0n) is 12.9. The summed E-state index contributed by atoms with van der Waals surface area (Å²) in [5.41, 5.74) is 1.78. The molecule has 2 aromatic carbocycles. The molecule has 0 unspecified atom stereocenters. The van der Waals surface area contributed by atoms with Crippen molar-refractivity contribution in [2.45, 2.75) is 6.92 Å². The number of amides is 1. The van der Waals surface area contributed by atoms with Crippen LogP contribution in [0.1, 0.15) is 21.5 Å². The van der Waals surface area contributed by atoms with E-state index in [1.54, 1.807) is 24.3 Å². The molecule has 0 bridgehead atoms. The number of hydrogen-bond acceptors (Lipinski definition) is 7. The average molecular weight is 344 g/mol. The van der Waals surface area contributed by atoms with Gasteiger partial charge in [0.05, 0.1) is 27.7 Å². The highest BCUT2D eigenvalue weighted by atomic mass is 16.6. The van der Waals surface area contributed by atoms with Crippen molar-refractivity contribution in [2.24, 2.45) is 5.10 Å². The molecule has 0 saturated heterocycles. The Kier molecular flexibility index (Phi) is 5.03. The quantitative estimate of drug-likeness (QED) is 0.483. The first-order chi connectivity index (χ1) is 11.8. The van der Waals surface area contributed by atoms with E-state index in [2.05, 4.69) is 10.5 Å². The number of benzene rings is 2. The second kappa shape index (κ2) is 7.17. The van der Waals surface area contributed by atoms with Crippen molar-refractivity contribution in [3.63, 3.8) is 0 Å². The molecule has 1 amide bonds. The Labute approximate surface area is 140 Å². The molecular formula is C15H12N4O6. The molecule has 0 spiro atoms. The number of phenolic OH excluding ortho intramolecular Hbond substituents is 1. The molecule has 2 N–H and O–H groups in total. The highest BCUT2D eigenvalue weighted by molar-refractivity contribution is 5.95. The molecule has 2 aromatic rings. The van der Waals surface area contributed by atoms with Gasteiger partial charge in [0.2, 0.25) is 5.75 Å². The molecule has 0 fully saturated rings. The molecule has 0 aliphatic rings. The molecule has 2 rings (SSSR count). The zero-order valence-corrected chi connectivity index (χ0v) is 12.9. The molecule has 25 heavy (non-hydrogen) atoms. The molecular weight excluding hydrogens is 332 g/mol. The van der Waals surface area contributed by atoms with Crippen molar-refractivity contribution in [2.75, 3.05) is 0 Å². The van der Waals surface area contributed by atoms with Crippen molar-refractivity contribution in [1.82, 2.24) is 5.43 Å². The van der Waals surface area contributed by atoms with Crippen LogP contribution < -0.4 is 5.43 Å². The first-order valence-electron chi connectivity index (χ1n) is 6.85. The lowest BCUT2D eigenvalue weighted by atomic mass is 10.1. The monoisotopic (exact) mass is 344 g/mol. The largest absolute Gasteiger partial charge is 0.502 e. The molecule has 0 aromatic heterocycles. The Morgan fingerprint density at radius 2 is 1.80 bits per heavy atom. The van der Waals surface area contributed by atoms with E-state index in [9.17, 15) is 30.1 Å². The maximum absolute atomic E-state index is 11.9. The van der Waals surface area contributed by atoms with Crippen molar-refractivity contribution in [3.05, 3.63) is 73.3 Å². The number of nitrogens with one attached hydrogen (secondary N) is 1. The van der Waals surface area contributed by atoms with Gasteiger partial charge >= 0.3 is 5.69 Å². The van der Waals surface area contributed by atoms with Crippen LogP contribution in [0.5, 0.6) is 5.75 Å². The van der Waals surface area contributed by atoms with Gasteiger partial charge in [0.25, 0.3) is 11.6 Å². The minimum atomic E-state index is -0.954. The third-order valence-electron chi connectivity index (χ3n) is 3.20. The van der Waals surface area contributed by atoms with Crippen LogP contribution in [0.25, 0.3) is 0 Å². The van der Waals surface area contributed by atoms with Gasteiger partial charge in [-0.15, -0.1) is 0 Å². The number of aryl methyl sites for hydroxylation is 1. The molecule has 0 atom stereocenters. The molecule has 0 heterocycles. The first-order valence-corrected chi connectivity index (χ1v) is 6.85. The number of hydrazone groups is 1. The highest BCUT2D eigenvalue weighted by Gasteiger charge is 2.23. The summed E-state index contributed by atoms with van der Waals surface area (Å²) in [5.74, 6) is -1.33. The van der Waals surface area contributed by atoms with Gasteiger partial charge in [-0.25, -0.2) is 5.43 Å². The lowest BCUT2D eigenvalue weighted by molar-refractivity contribution is -0.394. The Bertz CT molecular complexity index is 876. The summed E-state index contributed by atoms with van der Waals surface area (Å²) in [6.07, 6.45) is 0.890. The van der Waals surface area contributed by atoms with E-state index >= 15 is 0 Å². The summed E-state index contributed by atoms with van der Waals surface area (Å²) in [7, 11) is 0. The third-order valence-corrected chi connectivity index (χ3v) is 3.20. The molecule has 0 saturated carbocycles. The number of phenols is 1. The number of carbonyl (C=O) groups excluding carboxylic acids is 1. The van der Waals surface area contributed by atoms with Gasteiger partial charge in [-0.05, 0) is 19.1 Å². The van der Waals surface area contributed by atoms with Crippen LogP contribution in [-0.4, -0.2) is 27.1 Å². The van der Waals surface area contributed by atoms with Crippen LogP contribution in [0.15, 0.2) is 41.5 Å². The minimum Gasteiger partial charge on any atom is -0.502 e. The van der Waals surface area contributed by atoms with Crippen LogP contribution in [0, 0.1) is 27.2 Å². The Morgan fingerprint density at radius 1 is 1.16 bits per heavy atom.